The predicted octanol–water partition coefficient (Wildman–Crippen LogP) is 3.60. The Morgan fingerprint density at radius 2 is 2.29 bits per heavy atom. The van der Waals surface area contributed by atoms with Crippen LogP contribution in [0.3, 0.4) is 0 Å². The van der Waals surface area contributed by atoms with Gasteiger partial charge in [-0.25, -0.2) is 0 Å². The molecule has 3 nitrogen and oxygen atoms in total. The number of hydrogen-bond acceptors (Lipinski definition) is 3. The minimum atomic E-state index is -0.624. The third-order valence-electron chi connectivity index (χ3n) is 4.93. The van der Waals surface area contributed by atoms with Gasteiger partial charge in [0, 0.05) is 23.1 Å². The van der Waals surface area contributed by atoms with Gasteiger partial charge < -0.3 is 5.11 Å². The number of aliphatic carboxylic acids is 1. The fraction of sp³-hybridized carbons (Fsp3) is 0.588. The van der Waals surface area contributed by atoms with Gasteiger partial charge in [0.2, 0.25) is 0 Å². The van der Waals surface area contributed by atoms with Crippen molar-refractivity contribution in [2.45, 2.75) is 49.0 Å². The number of carboxylic acids is 1. The number of likely N-dealkylation sites (tertiary alicyclic amines) is 1. The summed E-state index contributed by atoms with van der Waals surface area (Å²) in [6.07, 6.45) is 3.51. The summed E-state index contributed by atoms with van der Waals surface area (Å²) < 4.78 is 0. The van der Waals surface area contributed by atoms with Gasteiger partial charge in [-0.1, -0.05) is 31.5 Å². The number of hydrogen-bond donors (Lipinski definition) is 1. The molecule has 4 heteroatoms. The van der Waals surface area contributed by atoms with Crippen LogP contribution in [0.1, 0.15) is 44.1 Å². The molecule has 1 fully saturated rings. The van der Waals surface area contributed by atoms with E-state index in [-0.39, 0.29) is 0 Å². The Kier molecular flexibility index (Phi) is 4.27. The lowest BCUT2D eigenvalue weighted by molar-refractivity contribution is -0.150. The third-order valence-corrected chi connectivity index (χ3v) is 6.18. The maximum atomic E-state index is 11.9. The van der Waals surface area contributed by atoms with Crippen LogP contribution in [-0.2, 0) is 4.79 Å². The summed E-state index contributed by atoms with van der Waals surface area (Å²) in [6.45, 7) is 3.90. The highest BCUT2D eigenvalue weighted by atomic mass is 32.2. The van der Waals surface area contributed by atoms with Crippen molar-refractivity contribution >= 4 is 17.7 Å². The van der Waals surface area contributed by atoms with Crippen molar-refractivity contribution < 1.29 is 9.90 Å². The molecule has 2 aliphatic heterocycles. The summed E-state index contributed by atoms with van der Waals surface area (Å²) in [7, 11) is 0. The lowest BCUT2D eigenvalue weighted by Gasteiger charge is -2.36. The monoisotopic (exact) mass is 305 g/mol. The normalized spacial score (nSPS) is 28.7. The first-order valence-electron chi connectivity index (χ1n) is 7.87. The van der Waals surface area contributed by atoms with Gasteiger partial charge >= 0.3 is 5.97 Å². The van der Waals surface area contributed by atoms with Crippen molar-refractivity contribution in [1.29, 1.82) is 0 Å². The summed E-state index contributed by atoms with van der Waals surface area (Å²) in [5, 5.41) is 9.79. The maximum absolute atomic E-state index is 11.9. The Morgan fingerprint density at radius 3 is 3.05 bits per heavy atom. The van der Waals surface area contributed by atoms with Gasteiger partial charge in [-0.3, -0.25) is 9.69 Å². The predicted molar refractivity (Wildman–Crippen MR) is 86.0 cm³/mol. The van der Waals surface area contributed by atoms with E-state index in [2.05, 4.69) is 36.1 Å². The number of carboxylic acid groups (broad SMARTS) is 1. The third kappa shape index (κ3) is 2.59. The van der Waals surface area contributed by atoms with Gasteiger partial charge in [-0.05, 0) is 37.4 Å². The molecule has 0 saturated carbocycles. The van der Waals surface area contributed by atoms with Gasteiger partial charge in [0.15, 0.2) is 0 Å². The molecule has 0 aliphatic carbocycles. The number of benzene rings is 1. The zero-order chi connectivity index (χ0) is 14.9. The molecule has 2 aliphatic rings. The molecule has 2 heterocycles. The summed E-state index contributed by atoms with van der Waals surface area (Å²) in [5.41, 5.74) is 0.793. The standard InChI is InChI=1S/C17H23NO2S/c1-2-8-17(16(19)20)9-5-10-18(17)11-13-12-21-15-7-4-3-6-14(13)15/h3-4,6-7,13H,2,5,8-12H2,1H3,(H,19,20). The Balaban J connectivity index is 1.80. The number of nitrogens with zero attached hydrogens (tertiary/aromatic N) is 1. The molecule has 1 aromatic carbocycles. The van der Waals surface area contributed by atoms with E-state index in [0.717, 1.165) is 44.5 Å². The highest BCUT2D eigenvalue weighted by Gasteiger charge is 2.47. The number of rotatable bonds is 5. The molecule has 2 atom stereocenters. The van der Waals surface area contributed by atoms with E-state index >= 15 is 0 Å². The summed E-state index contributed by atoms with van der Waals surface area (Å²) in [4.78, 5) is 15.5. The van der Waals surface area contributed by atoms with Crippen LogP contribution in [0.2, 0.25) is 0 Å². The molecule has 0 radical (unpaired) electrons. The van der Waals surface area contributed by atoms with E-state index in [1.807, 2.05) is 11.8 Å². The molecular weight excluding hydrogens is 282 g/mol. The van der Waals surface area contributed by atoms with Crippen LogP contribution >= 0.6 is 11.8 Å². The number of fused-ring (bicyclic) bond motifs is 1. The molecule has 1 saturated heterocycles. The van der Waals surface area contributed by atoms with Crippen LogP contribution < -0.4 is 0 Å². The highest BCUT2D eigenvalue weighted by Crippen LogP contribution is 2.42. The minimum Gasteiger partial charge on any atom is -0.480 e. The minimum absolute atomic E-state index is 0.472. The van der Waals surface area contributed by atoms with Crippen LogP contribution in [0, 0.1) is 0 Å². The molecule has 2 unspecified atom stereocenters. The fourth-order valence-electron chi connectivity index (χ4n) is 3.89. The second kappa shape index (κ2) is 6.01. The lowest BCUT2D eigenvalue weighted by Crippen LogP contribution is -2.51. The average Bonchev–Trinajstić information content (AvgIpc) is 3.06. The van der Waals surface area contributed by atoms with E-state index in [9.17, 15) is 9.90 Å². The van der Waals surface area contributed by atoms with Crippen molar-refractivity contribution in [3.63, 3.8) is 0 Å². The molecule has 0 amide bonds. The van der Waals surface area contributed by atoms with Crippen LogP contribution in [-0.4, -0.2) is 40.4 Å². The van der Waals surface area contributed by atoms with Crippen LogP contribution in [0.15, 0.2) is 29.2 Å². The quantitative estimate of drug-likeness (QED) is 0.902. The highest BCUT2D eigenvalue weighted by molar-refractivity contribution is 7.99. The first-order chi connectivity index (χ1) is 10.2. The first-order valence-corrected chi connectivity index (χ1v) is 8.86. The summed E-state index contributed by atoms with van der Waals surface area (Å²) in [6, 6.07) is 8.57. The van der Waals surface area contributed by atoms with Gasteiger partial charge in [0.05, 0.1) is 0 Å². The van der Waals surface area contributed by atoms with Gasteiger partial charge in [0.25, 0.3) is 0 Å². The lowest BCUT2D eigenvalue weighted by atomic mass is 9.89. The van der Waals surface area contributed by atoms with Crippen LogP contribution in [0.25, 0.3) is 0 Å². The molecule has 0 spiro atoms. The van der Waals surface area contributed by atoms with E-state index in [1.165, 1.54) is 10.5 Å². The molecule has 1 N–H and O–H groups in total. The van der Waals surface area contributed by atoms with Crippen molar-refractivity contribution in [2.24, 2.45) is 0 Å². The molecule has 114 valence electrons. The second-order valence-electron chi connectivity index (χ2n) is 6.18. The van der Waals surface area contributed by atoms with Gasteiger partial charge in [-0.2, -0.15) is 0 Å². The zero-order valence-electron chi connectivity index (χ0n) is 12.5. The summed E-state index contributed by atoms with van der Waals surface area (Å²) in [5.74, 6) is 0.929. The number of thioether (sulfide) groups is 1. The zero-order valence-corrected chi connectivity index (χ0v) is 13.4. The Hall–Kier alpha value is -1.00. The second-order valence-corrected chi connectivity index (χ2v) is 7.24. The van der Waals surface area contributed by atoms with Gasteiger partial charge in [-0.15, -0.1) is 11.8 Å². The topological polar surface area (TPSA) is 40.5 Å². The average molecular weight is 305 g/mol. The van der Waals surface area contributed by atoms with E-state index in [4.69, 9.17) is 0 Å². The summed E-state index contributed by atoms with van der Waals surface area (Å²) >= 11 is 1.91. The molecule has 21 heavy (non-hydrogen) atoms. The molecular formula is C17H23NO2S. The largest absolute Gasteiger partial charge is 0.480 e. The van der Waals surface area contributed by atoms with Crippen molar-refractivity contribution in [1.82, 2.24) is 4.90 Å². The smallest absolute Gasteiger partial charge is 0.324 e. The van der Waals surface area contributed by atoms with Crippen molar-refractivity contribution in [3.8, 4) is 0 Å². The Morgan fingerprint density at radius 1 is 1.48 bits per heavy atom. The number of carbonyl (C=O) groups is 1. The fourth-order valence-corrected chi connectivity index (χ4v) is 5.13. The van der Waals surface area contributed by atoms with Crippen LogP contribution in [0.5, 0.6) is 0 Å². The van der Waals surface area contributed by atoms with Crippen molar-refractivity contribution in [2.75, 3.05) is 18.8 Å². The SMILES string of the molecule is CCCC1(C(=O)O)CCCN1CC1CSc2ccccc21. The van der Waals surface area contributed by atoms with E-state index in [0.29, 0.717) is 5.92 Å². The Bertz CT molecular complexity index is 533. The van der Waals surface area contributed by atoms with E-state index in [1.54, 1.807) is 0 Å². The molecule has 0 aromatic heterocycles. The van der Waals surface area contributed by atoms with E-state index < -0.39 is 11.5 Å². The van der Waals surface area contributed by atoms with Crippen LogP contribution in [0.4, 0.5) is 0 Å². The molecule has 3 rings (SSSR count). The Labute approximate surface area is 130 Å². The first kappa shape index (κ1) is 14.9. The molecule has 0 bridgehead atoms. The van der Waals surface area contributed by atoms with Gasteiger partial charge in [0.1, 0.15) is 5.54 Å². The maximum Gasteiger partial charge on any atom is 0.324 e. The molecule has 1 aromatic rings. The van der Waals surface area contributed by atoms with Crippen molar-refractivity contribution in [3.05, 3.63) is 29.8 Å².